The lowest BCUT2D eigenvalue weighted by Crippen LogP contribution is -2.37. The number of benzene rings is 2. The van der Waals surface area contributed by atoms with E-state index >= 15 is 4.39 Å². The molecule has 41 heavy (non-hydrogen) atoms. The fourth-order valence-corrected chi connectivity index (χ4v) is 5.88. The van der Waals surface area contributed by atoms with Crippen molar-refractivity contribution >= 4 is 56.9 Å². The van der Waals surface area contributed by atoms with Crippen LogP contribution in [-0.4, -0.2) is 56.4 Å². The number of nitrogens with one attached hydrogen (secondary N) is 3. The molecule has 12 heteroatoms. The van der Waals surface area contributed by atoms with Crippen molar-refractivity contribution in [2.75, 3.05) is 53.1 Å². The van der Waals surface area contributed by atoms with Crippen LogP contribution in [0.4, 0.5) is 38.9 Å². The Morgan fingerprint density at radius 3 is 2.49 bits per heavy atom. The Balaban J connectivity index is 0.00000387. The molecule has 3 heterocycles. The number of nitrogens with zero attached hydrogens (tertiary/aromatic N) is 4. The van der Waals surface area contributed by atoms with Crippen LogP contribution in [0, 0.1) is 11.7 Å². The molecule has 0 bridgehead atoms. The molecule has 3 N–H and O–H groups in total. The molecule has 0 unspecified atom stereocenters. The smallest absolute Gasteiger partial charge is 0.237 e. The van der Waals surface area contributed by atoms with Gasteiger partial charge in [0.2, 0.25) is 16.0 Å². The quantitative estimate of drug-likeness (QED) is 0.312. The highest BCUT2D eigenvalue weighted by atomic mass is 35.5. The summed E-state index contributed by atoms with van der Waals surface area (Å²) in [5.41, 5.74) is 3.52. The normalized spacial score (nSPS) is 15.8. The Labute approximate surface area is 248 Å². The van der Waals surface area contributed by atoms with Crippen LogP contribution in [-0.2, 0) is 16.4 Å². The molecule has 0 saturated carbocycles. The first-order valence-electron chi connectivity index (χ1n) is 13.8. The van der Waals surface area contributed by atoms with E-state index in [0.717, 1.165) is 56.0 Å². The van der Waals surface area contributed by atoms with Crippen molar-refractivity contribution in [3.63, 3.8) is 0 Å². The third kappa shape index (κ3) is 6.85. The zero-order chi connectivity index (χ0) is 28.5. The minimum absolute atomic E-state index is 0. The van der Waals surface area contributed by atoms with Gasteiger partial charge in [0.25, 0.3) is 0 Å². The van der Waals surface area contributed by atoms with Crippen LogP contribution in [0.25, 0.3) is 0 Å². The number of piperidine rings is 1. The highest BCUT2D eigenvalue weighted by molar-refractivity contribution is 7.94. The second-order valence-electron chi connectivity index (χ2n) is 11.5. The number of hydrogen-bond acceptors (Lipinski definition) is 8. The Kier molecular flexibility index (Phi) is 9.30. The van der Waals surface area contributed by atoms with Gasteiger partial charge in [-0.3, -0.25) is 4.72 Å². The maximum absolute atomic E-state index is 15.1. The van der Waals surface area contributed by atoms with Crippen LogP contribution in [0.15, 0.2) is 48.7 Å². The Bertz CT molecular complexity index is 1470. The standard InChI is InChI=1S/C29H38FN7O2S.ClH/c1-29(2,3)40(38,39)35-23-6-5-7-24(16-23)37-15-12-21-19-32-28(34-27(21)37)33-22-8-9-26(25(30)17-22)36-13-10-20(11-14-36)18-31-4;/h5-9,16-17,19-20,31,35H,10-15,18H2,1-4H3,(H,32,33,34);1H. The maximum Gasteiger partial charge on any atom is 0.237 e. The van der Waals surface area contributed by atoms with Gasteiger partial charge in [-0.2, -0.15) is 4.98 Å². The minimum atomic E-state index is -3.55. The number of hydrogen-bond donors (Lipinski definition) is 3. The van der Waals surface area contributed by atoms with Gasteiger partial charge in [0.1, 0.15) is 11.6 Å². The van der Waals surface area contributed by atoms with E-state index in [4.69, 9.17) is 4.98 Å². The zero-order valence-electron chi connectivity index (χ0n) is 23.9. The van der Waals surface area contributed by atoms with E-state index in [1.54, 1.807) is 33.0 Å². The molecule has 0 radical (unpaired) electrons. The van der Waals surface area contributed by atoms with Crippen LogP contribution in [0.5, 0.6) is 0 Å². The third-order valence-corrected chi connectivity index (χ3v) is 9.69. The summed E-state index contributed by atoms with van der Waals surface area (Å²) in [5.74, 6) is 1.48. The maximum atomic E-state index is 15.1. The van der Waals surface area contributed by atoms with E-state index < -0.39 is 14.8 Å². The van der Waals surface area contributed by atoms with Gasteiger partial charge in [-0.15, -0.1) is 12.4 Å². The van der Waals surface area contributed by atoms with Crippen LogP contribution in [0.2, 0.25) is 0 Å². The lowest BCUT2D eigenvalue weighted by Gasteiger charge is -2.33. The lowest BCUT2D eigenvalue weighted by atomic mass is 9.96. The van der Waals surface area contributed by atoms with Crippen molar-refractivity contribution in [3.8, 4) is 0 Å². The minimum Gasteiger partial charge on any atom is -0.369 e. The van der Waals surface area contributed by atoms with Crippen molar-refractivity contribution in [2.45, 2.75) is 44.8 Å². The average molecular weight is 604 g/mol. The molecule has 1 aromatic heterocycles. The number of fused-ring (bicyclic) bond motifs is 1. The molecule has 9 nitrogen and oxygen atoms in total. The first kappa shape index (κ1) is 30.8. The molecular formula is C29H39ClFN7O2S. The van der Waals surface area contributed by atoms with Gasteiger partial charge in [-0.05, 0) is 95.9 Å². The van der Waals surface area contributed by atoms with E-state index in [1.807, 2.05) is 42.3 Å². The van der Waals surface area contributed by atoms with Gasteiger partial charge in [-0.25, -0.2) is 17.8 Å². The van der Waals surface area contributed by atoms with Crippen molar-refractivity contribution in [3.05, 3.63) is 60.0 Å². The first-order chi connectivity index (χ1) is 19.0. The second kappa shape index (κ2) is 12.4. The second-order valence-corrected chi connectivity index (χ2v) is 13.9. The number of aromatic nitrogens is 2. The Morgan fingerprint density at radius 1 is 1.05 bits per heavy atom. The van der Waals surface area contributed by atoms with E-state index in [0.29, 0.717) is 35.5 Å². The predicted molar refractivity (Wildman–Crippen MR) is 167 cm³/mol. The van der Waals surface area contributed by atoms with Crippen molar-refractivity contribution in [1.29, 1.82) is 0 Å². The van der Waals surface area contributed by atoms with Gasteiger partial charge >= 0.3 is 0 Å². The topological polar surface area (TPSA) is 102 Å². The molecule has 0 amide bonds. The molecule has 5 rings (SSSR count). The summed E-state index contributed by atoms with van der Waals surface area (Å²) in [4.78, 5) is 13.4. The zero-order valence-corrected chi connectivity index (χ0v) is 25.6. The van der Waals surface area contributed by atoms with E-state index in [9.17, 15) is 8.42 Å². The van der Waals surface area contributed by atoms with Gasteiger partial charge in [0.05, 0.1) is 16.1 Å². The number of sulfonamides is 1. The average Bonchev–Trinajstić information content (AvgIpc) is 3.32. The summed E-state index contributed by atoms with van der Waals surface area (Å²) in [6.45, 7) is 8.37. The number of rotatable bonds is 8. The summed E-state index contributed by atoms with van der Waals surface area (Å²) < 4.78 is 42.2. The molecule has 2 aliphatic rings. The predicted octanol–water partition coefficient (Wildman–Crippen LogP) is 5.45. The highest BCUT2D eigenvalue weighted by Gasteiger charge is 2.29. The van der Waals surface area contributed by atoms with Crippen molar-refractivity contribution in [1.82, 2.24) is 15.3 Å². The summed E-state index contributed by atoms with van der Waals surface area (Å²) in [7, 11) is -1.58. The fraction of sp³-hybridized carbons (Fsp3) is 0.448. The molecule has 0 spiro atoms. The van der Waals surface area contributed by atoms with E-state index in [-0.39, 0.29) is 18.2 Å². The Morgan fingerprint density at radius 2 is 1.80 bits per heavy atom. The molecule has 222 valence electrons. The van der Waals surface area contributed by atoms with E-state index in [1.165, 1.54) is 6.07 Å². The van der Waals surface area contributed by atoms with Crippen LogP contribution in [0.1, 0.15) is 39.2 Å². The Hall–Kier alpha value is -3.15. The fourth-order valence-electron chi connectivity index (χ4n) is 5.14. The summed E-state index contributed by atoms with van der Waals surface area (Å²) in [5, 5.41) is 6.39. The molecule has 1 saturated heterocycles. The van der Waals surface area contributed by atoms with Gasteiger partial charge in [0, 0.05) is 42.8 Å². The molecule has 2 aliphatic heterocycles. The molecule has 0 aliphatic carbocycles. The van der Waals surface area contributed by atoms with Crippen molar-refractivity contribution in [2.24, 2.45) is 5.92 Å². The van der Waals surface area contributed by atoms with Gasteiger partial charge in [0.15, 0.2) is 0 Å². The monoisotopic (exact) mass is 603 g/mol. The van der Waals surface area contributed by atoms with Crippen LogP contribution in [0.3, 0.4) is 0 Å². The first-order valence-corrected chi connectivity index (χ1v) is 15.2. The third-order valence-electron chi connectivity index (χ3n) is 7.57. The summed E-state index contributed by atoms with van der Waals surface area (Å²) >= 11 is 0. The molecule has 2 aromatic carbocycles. The van der Waals surface area contributed by atoms with Crippen LogP contribution < -0.4 is 25.2 Å². The number of halogens is 2. The van der Waals surface area contributed by atoms with Gasteiger partial charge < -0.3 is 20.4 Å². The summed E-state index contributed by atoms with van der Waals surface area (Å²) in [6.07, 6.45) is 4.65. The SMILES string of the molecule is CNCC1CCN(c2ccc(Nc3ncc4c(n3)N(c3cccc(NS(=O)(=O)C(C)(C)C)c3)CC4)cc2F)CC1.Cl. The lowest BCUT2D eigenvalue weighted by molar-refractivity contribution is 0.391. The number of anilines is 6. The van der Waals surface area contributed by atoms with Gasteiger partial charge in [-0.1, -0.05) is 6.07 Å². The molecule has 0 atom stereocenters. The van der Waals surface area contributed by atoms with Crippen molar-refractivity contribution < 1.29 is 12.8 Å². The molecular weight excluding hydrogens is 565 g/mol. The van der Waals surface area contributed by atoms with Crippen LogP contribution >= 0.6 is 12.4 Å². The van der Waals surface area contributed by atoms with E-state index in [2.05, 4.69) is 25.2 Å². The molecule has 3 aromatic rings. The molecule has 1 fully saturated rings. The summed E-state index contributed by atoms with van der Waals surface area (Å²) in [6, 6.07) is 12.5. The largest absolute Gasteiger partial charge is 0.369 e. The highest BCUT2D eigenvalue weighted by Crippen LogP contribution is 2.35.